The third-order valence-electron chi connectivity index (χ3n) is 6.23. The highest BCUT2D eigenvalue weighted by atomic mass is 31.1. The van der Waals surface area contributed by atoms with E-state index in [1.807, 2.05) is 0 Å². The molecule has 2 heteroatoms. The van der Waals surface area contributed by atoms with Gasteiger partial charge in [0, 0.05) is 12.0 Å². The van der Waals surface area contributed by atoms with Crippen molar-refractivity contribution in [2.75, 3.05) is 20.3 Å². The number of hydrogen-bond acceptors (Lipinski definition) is 1. The summed E-state index contributed by atoms with van der Waals surface area (Å²) < 4.78 is 0. The fourth-order valence-corrected chi connectivity index (χ4v) is 7.00. The molecule has 1 unspecified atom stereocenters. The lowest BCUT2D eigenvalue weighted by Crippen LogP contribution is -2.36. The van der Waals surface area contributed by atoms with Crippen molar-refractivity contribution in [1.82, 2.24) is 4.90 Å². The second-order valence-corrected chi connectivity index (χ2v) is 10.7. The van der Waals surface area contributed by atoms with Crippen molar-refractivity contribution in [3.05, 3.63) is 109 Å². The fraction of sp³-hybridized carbons (Fsp3) is 0.286. The highest BCUT2D eigenvalue weighted by Crippen LogP contribution is 2.41. The molecule has 2 aliphatic carbocycles. The molecule has 0 radical (unpaired) electrons. The van der Waals surface area contributed by atoms with Crippen LogP contribution in [0, 0.1) is 11.8 Å². The molecule has 2 atom stereocenters. The number of rotatable bonds is 9. The van der Waals surface area contributed by atoms with E-state index >= 15 is 0 Å². The lowest BCUT2D eigenvalue weighted by atomic mass is 9.88. The van der Waals surface area contributed by atoms with Crippen LogP contribution in [0.5, 0.6) is 0 Å². The monoisotopic (exact) mass is 413 g/mol. The third kappa shape index (κ3) is 5.09. The van der Waals surface area contributed by atoms with Gasteiger partial charge < -0.3 is 4.90 Å². The van der Waals surface area contributed by atoms with Crippen LogP contribution >= 0.6 is 7.92 Å². The second-order valence-electron chi connectivity index (χ2n) is 8.45. The molecule has 2 aromatic carbocycles. The average molecular weight is 414 g/mol. The zero-order chi connectivity index (χ0) is 20.8. The van der Waals surface area contributed by atoms with Gasteiger partial charge in [0.15, 0.2) is 0 Å². The zero-order valence-electron chi connectivity index (χ0n) is 18.1. The summed E-state index contributed by atoms with van der Waals surface area (Å²) in [7, 11) is 4.08. The maximum absolute atomic E-state index is 2.43. The molecule has 0 spiro atoms. The summed E-state index contributed by atoms with van der Waals surface area (Å²) in [6, 6.07) is 22.7. The molecule has 154 valence electrons. The van der Waals surface area contributed by atoms with E-state index < -0.39 is 7.92 Å². The summed E-state index contributed by atoms with van der Waals surface area (Å²) in [6.45, 7) is 0. The van der Waals surface area contributed by atoms with E-state index in [0.29, 0.717) is 17.9 Å². The first-order chi connectivity index (χ1) is 14.7. The van der Waals surface area contributed by atoms with Crippen molar-refractivity contribution in [3.63, 3.8) is 0 Å². The van der Waals surface area contributed by atoms with Crippen molar-refractivity contribution in [3.8, 4) is 0 Å². The van der Waals surface area contributed by atoms with Gasteiger partial charge >= 0.3 is 0 Å². The van der Waals surface area contributed by atoms with Crippen molar-refractivity contribution in [2.45, 2.75) is 18.9 Å². The van der Waals surface area contributed by atoms with Crippen LogP contribution in [0.2, 0.25) is 0 Å². The molecule has 0 saturated carbocycles. The molecule has 0 saturated heterocycles. The summed E-state index contributed by atoms with van der Waals surface area (Å²) >= 11 is 0. The molecule has 0 N–H and O–H groups in total. The Bertz CT molecular complexity index is 872. The second kappa shape index (κ2) is 10.2. The first kappa shape index (κ1) is 21.0. The molecule has 0 amide bonds. The van der Waals surface area contributed by atoms with E-state index in [-0.39, 0.29) is 0 Å². The predicted molar refractivity (Wildman–Crippen MR) is 133 cm³/mol. The van der Waals surface area contributed by atoms with E-state index in [2.05, 4.69) is 122 Å². The molecule has 2 aliphatic rings. The van der Waals surface area contributed by atoms with Crippen LogP contribution in [0.1, 0.15) is 12.8 Å². The molecule has 0 aliphatic heterocycles. The lowest BCUT2D eigenvalue weighted by molar-refractivity contribution is 0.235. The third-order valence-corrected chi connectivity index (χ3v) is 8.76. The minimum atomic E-state index is -0.400. The van der Waals surface area contributed by atoms with E-state index in [1.165, 1.54) is 23.5 Å². The molecule has 1 nitrogen and oxygen atoms in total. The van der Waals surface area contributed by atoms with Gasteiger partial charge in [0.2, 0.25) is 0 Å². The smallest absolute Gasteiger partial charge is 0.0190 e. The van der Waals surface area contributed by atoms with E-state index in [1.54, 1.807) is 5.57 Å². The molecule has 0 bridgehead atoms. The summed E-state index contributed by atoms with van der Waals surface area (Å²) in [6.07, 6.45) is 19.7. The predicted octanol–water partition coefficient (Wildman–Crippen LogP) is 5.68. The Balaban J connectivity index is 1.53. The van der Waals surface area contributed by atoms with Gasteiger partial charge in [-0.15, -0.1) is 0 Å². The summed E-state index contributed by atoms with van der Waals surface area (Å²) in [4.78, 5) is 2.43. The zero-order valence-corrected chi connectivity index (χ0v) is 19.0. The lowest BCUT2D eigenvalue weighted by Gasteiger charge is -2.33. The van der Waals surface area contributed by atoms with Gasteiger partial charge in [-0.3, -0.25) is 0 Å². The van der Waals surface area contributed by atoms with Crippen LogP contribution in [0.3, 0.4) is 0 Å². The first-order valence-electron chi connectivity index (χ1n) is 11.0. The topological polar surface area (TPSA) is 3.24 Å². The Hall–Kier alpha value is -2.21. The maximum Gasteiger partial charge on any atom is 0.0190 e. The number of benzene rings is 2. The highest BCUT2D eigenvalue weighted by molar-refractivity contribution is 7.73. The summed E-state index contributed by atoms with van der Waals surface area (Å²) in [5.74, 6) is 1.11. The van der Waals surface area contributed by atoms with Gasteiger partial charge in [-0.2, -0.15) is 0 Å². The SMILES string of the molecule is CN(C)[C@H](CCC1C=CC=C1)C1C=CC=C1CP(c1ccccc1)c1ccccc1. The summed E-state index contributed by atoms with van der Waals surface area (Å²) in [5.41, 5.74) is 1.59. The molecule has 2 aromatic rings. The van der Waals surface area contributed by atoms with Gasteiger partial charge in [-0.1, -0.05) is 109 Å². The number of allylic oxidation sites excluding steroid dienone is 6. The largest absolute Gasteiger partial charge is 0.306 e. The van der Waals surface area contributed by atoms with E-state index in [9.17, 15) is 0 Å². The molecule has 30 heavy (non-hydrogen) atoms. The van der Waals surface area contributed by atoms with E-state index in [4.69, 9.17) is 0 Å². The van der Waals surface area contributed by atoms with Gasteiger partial charge in [0.25, 0.3) is 0 Å². The number of nitrogens with zero attached hydrogens (tertiary/aromatic N) is 1. The van der Waals surface area contributed by atoms with Crippen molar-refractivity contribution < 1.29 is 0 Å². The molecule has 0 aromatic heterocycles. The minimum Gasteiger partial charge on any atom is -0.306 e. The van der Waals surface area contributed by atoms with Crippen molar-refractivity contribution in [1.29, 1.82) is 0 Å². The standard InChI is InChI=1S/C28H32NP/c1-29(2)28(21-20-23-12-9-10-13-23)27-19-11-14-24(27)22-30(25-15-5-3-6-16-25)26-17-7-4-8-18-26/h3-19,23,27-28H,20-22H2,1-2H3/t27?,28-/m1/s1. The number of hydrogen-bond donors (Lipinski definition) is 0. The minimum absolute atomic E-state index is 0.400. The molecule has 0 heterocycles. The van der Waals surface area contributed by atoms with Crippen LogP contribution in [-0.4, -0.2) is 31.2 Å². The molecular formula is C28H32NP. The van der Waals surface area contributed by atoms with Crippen LogP contribution < -0.4 is 10.6 Å². The Morgan fingerprint density at radius 3 is 1.97 bits per heavy atom. The van der Waals surface area contributed by atoms with Crippen molar-refractivity contribution in [2.24, 2.45) is 11.8 Å². The van der Waals surface area contributed by atoms with Crippen molar-refractivity contribution >= 4 is 18.5 Å². The summed E-state index contributed by atoms with van der Waals surface area (Å²) in [5, 5.41) is 2.93. The quantitative estimate of drug-likeness (QED) is 0.478. The average Bonchev–Trinajstić information content (AvgIpc) is 3.46. The Labute approximate surface area is 183 Å². The fourth-order valence-electron chi connectivity index (χ4n) is 4.59. The van der Waals surface area contributed by atoms with Crippen LogP contribution in [0.4, 0.5) is 0 Å². The van der Waals surface area contributed by atoms with Gasteiger partial charge in [-0.25, -0.2) is 0 Å². The Morgan fingerprint density at radius 2 is 1.40 bits per heavy atom. The Morgan fingerprint density at radius 1 is 0.800 bits per heavy atom. The van der Waals surface area contributed by atoms with Crippen LogP contribution in [-0.2, 0) is 0 Å². The normalized spacial score (nSPS) is 19.2. The van der Waals surface area contributed by atoms with Crippen LogP contribution in [0.15, 0.2) is 109 Å². The van der Waals surface area contributed by atoms with E-state index in [0.717, 1.165) is 6.16 Å². The van der Waals surface area contributed by atoms with Crippen LogP contribution in [0.25, 0.3) is 0 Å². The first-order valence-corrected chi connectivity index (χ1v) is 12.5. The molecule has 4 rings (SSSR count). The maximum atomic E-state index is 2.43. The molecule has 0 fully saturated rings. The highest BCUT2D eigenvalue weighted by Gasteiger charge is 2.29. The Kier molecular flexibility index (Phi) is 7.16. The van der Waals surface area contributed by atoms with Gasteiger partial charge in [-0.05, 0) is 57.5 Å². The van der Waals surface area contributed by atoms with Gasteiger partial charge in [0.05, 0.1) is 0 Å². The van der Waals surface area contributed by atoms with Gasteiger partial charge in [0.1, 0.15) is 0 Å². The molecular weight excluding hydrogens is 381 g/mol.